The van der Waals surface area contributed by atoms with E-state index in [1.807, 2.05) is 20.8 Å². The summed E-state index contributed by atoms with van der Waals surface area (Å²) >= 11 is 1.11. The monoisotopic (exact) mass is 281 g/mol. The van der Waals surface area contributed by atoms with Crippen LogP contribution in [0, 0.1) is 12.7 Å². The second kappa shape index (κ2) is 4.77. The van der Waals surface area contributed by atoms with Crippen LogP contribution in [-0.4, -0.2) is 9.36 Å². The highest BCUT2D eigenvalue weighted by Gasteiger charge is 2.20. The quantitative estimate of drug-likeness (QED) is 0.853. The maximum Gasteiger partial charge on any atom is 0.298 e. The molecule has 2 aromatic rings. The number of nitrogen functional groups attached to an aromatic ring is 1. The van der Waals surface area contributed by atoms with Crippen molar-refractivity contribution in [1.29, 1.82) is 0 Å². The van der Waals surface area contributed by atoms with Crippen LogP contribution in [0.4, 0.5) is 10.1 Å². The summed E-state index contributed by atoms with van der Waals surface area (Å²) in [6, 6.07) is 2.80. The highest BCUT2D eigenvalue weighted by atomic mass is 32.1. The molecule has 0 aliphatic rings. The summed E-state index contributed by atoms with van der Waals surface area (Å²) in [5.41, 5.74) is 6.63. The van der Waals surface area contributed by atoms with Gasteiger partial charge in [0.25, 0.3) is 5.19 Å². The van der Waals surface area contributed by atoms with Crippen molar-refractivity contribution in [3.05, 3.63) is 29.3 Å². The standard InChI is InChI=1S/C13H16FN3OS/c1-7-5-10(8(14)6-9(7)15)18-12-16-11(17-19-12)13(2,3)4/h5-6H,15H2,1-4H3. The first kappa shape index (κ1) is 13.7. The van der Waals surface area contributed by atoms with E-state index in [9.17, 15) is 4.39 Å². The van der Waals surface area contributed by atoms with Gasteiger partial charge < -0.3 is 10.5 Å². The van der Waals surface area contributed by atoms with Gasteiger partial charge in [-0.15, -0.1) is 0 Å². The molecule has 0 spiro atoms. The molecule has 0 atom stereocenters. The van der Waals surface area contributed by atoms with Crippen LogP contribution in [0.1, 0.15) is 32.2 Å². The summed E-state index contributed by atoms with van der Waals surface area (Å²) in [5.74, 6) is 0.291. The zero-order chi connectivity index (χ0) is 14.2. The van der Waals surface area contributed by atoms with Gasteiger partial charge in [-0.05, 0) is 18.6 Å². The number of nitrogens with two attached hydrogens (primary N) is 1. The largest absolute Gasteiger partial charge is 0.427 e. The van der Waals surface area contributed by atoms with E-state index in [-0.39, 0.29) is 11.2 Å². The molecule has 2 rings (SSSR count). The Morgan fingerprint density at radius 3 is 2.58 bits per heavy atom. The molecule has 0 unspecified atom stereocenters. The Hall–Kier alpha value is -1.69. The highest BCUT2D eigenvalue weighted by molar-refractivity contribution is 7.07. The molecular formula is C13H16FN3OS. The van der Waals surface area contributed by atoms with Crippen molar-refractivity contribution in [3.8, 4) is 10.9 Å². The van der Waals surface area contributed by atoms with Crippen LogP contribution in [0.15, 0.2) is 12.1 Å². The van der Waals surface area contributed by atoms with Gasteiger partial charge >= 0.3 is 0 Å². The number of aromatic nitrogens is 2. The third kappa shape index (κ3) is 3.01. The fraction of sp³-hybridized carbons (Fsp3) is 0.385. The Morgan fingerprint density at radius 2 is 2.00 bits per heavy atom. The smallest absolute Gasteiger partial charge is 0.298 e. The van der Waals surface area contributed by atoms with E-state index in [0.717, 1.165) is 17.1 Å². The SMILES string of the molecule is Cc1cc(Oc2nc(C(C)(C)C)ns2)c(F)cc1N. The molecule has 102 valence electrons. The zero-order valence-corrected chi connectivity index (χ0v) is 12.1. The number of hydrogen-bond donors (Lipinski definition) is 1. The average molecular weight is 281 g/mol. The molecule has 1 aromatic carbocycles. The van der Waals surface area contributed by atoms with Crippen LogP contribution in [0.25, 0.3) is 0 Å². The lowest BCUT2D eigenvalue weighted by Gasteiger charge is -2.12. The molecule has 0 saturated heterocycles. The number of rotatable bonds is 2. The van der Waals surface area contributed by atoms with Crippen LogP contribution in [0.3, 0.4) is 0 Å². The minimum absolute atomic E-state index is 0.114. The van der Waals surface area contributed by atoms with Crippen LogP contribution in [0.5, 0.6) is 10.9 Å². The van der Waals surface area contributed by atoms with Gasteiger partial charge in [0, 0.05) is 28.7 Å². The van der Waals surface area contributed by atoms with Gasteiger partial charge in [0.05, 0.1) is 0 Å². The summed E-state index contributed by atoms with van der Waals surface area (Å²) in [7, 11) is 0. The molecule has 19 heavy (non-hydrogen) atoms. The maximum atomic E-state index is 13.7. The second-order valence-corrected chi connectivity index (χ2v) is 6.09. The number of hydrogen-bond acceptors (Lipinski definition) is 5. The van der Waals surface area contributed by atoms with E-state index in [4.69, 9.17) is 10.5 Å². The first-order valence-corrected chi connectivity index (χ1v) is 6.62. The van der Waals surface area contributed by atoms with Crippen molar-refractivity contribution in [3.63, 3.8) is 0 Å². The van der Waals surface area contributed by atoms with Gasteiger partial charge in [0.2, 0.25) is 0 Å². The van der Waals surface area contributed by atoms with E-state index in [2.05, 4.69) is 9.36 Å². The summed E-state index contributed by atoms with van der Waals surface area (Å²) in [5, 5.41) is 0.327. The van der Waals surface area contributed by atoms with Crippen LogP contribution in [-0.2, 0) is 5.41 Å². The zero-order valence-electron chi connectivity index (χ0n) is 11.3. The van der Waals surface area contributed by atoms with E-state index in [1.54, 1.807) is 13.0 Å². The number of benzene rings is 1. The van der Waals surface area contributed by atoms with E-state index < -0.39 is 5.82 Å². The van der Waals surface area contributed by atoms with Gasteiger partial charge in [0.15, 0.2) is 17.4 Å². The third-order valence-corrected chi connectivity index (χ3v) is 3.19. The molecule has 0 fully saturated rings. The molecular weight excluding hydrogens is 265 g/mol. The Balaban J connectivity index is 2.27. The molecule has 1 heterocycles. The molecule has 4 nitrogen and oxygen atoms in total. The van der Waals surface area contributed by atoms with E-state index >= 15 is 0 Å². The Morgan fingerprint density at radius 1 is 1.32 bits per heavy atom. The van der Waals surface area contributed by atoms with Crippen molar-refractivity contribution >= 4 is 17.2 Å². The van der Waals surface area contributed by atoms with Crippen LogP contribution in [0.2, 0.25) is 0 Å². The normalized spacial score (nSPS) is 11.6. The summed E-state index contributed by atoms with van der Waals surface area (Å²) in [4.78, 5) is 4.26. The molecule has 2 N–H and O–H groups in total. The molecule has 0 saturated carbocycles. The first-order chi connectivity index (χ1) is 8.77. The summed E-state index contributed by atoms with van der Waals surface area (Å²) in [6.07, 6.45) is 0. The molecule has 0 aliphatic heterocycles. The lowest BCUT2D eigenvalue weighted by molar-refractivity contribution is 0.434. The predicted octanol–water partition coefficient (Wildman–Crippen LogP) is 3.66. The van der Waals surface area contributed by atoms with Gasteiger partial charge in [0.1, 0.15) is 0 Å². The number of aryl methyl sites for hydroxylation is 1. The third-order valence-electron chi connectivity index (χ3n) is 2.60. The second-order valence-electron chi connectivity index (χ2n) is 5.38. The predicted molar refractivity (Wildman–Crippen MR) is 74.2 cm³/mol. The lowest BCUT2D eigenvalue weighted by Crippen LogP contribution is -2.12. The Labute approximate surface area is 115 Å². The number of halogens is 1. The minimum atomic E-state index is -0.504. The fourth-order valence-electron chi connectivity index (χ4n) is 1.40. The molecule has 1 aromatic heterocycles. The van der Waals surface area contributed by atoms with Gasteiger partial charge in [-0.25, -0.2) is 4.39 Å². The Bertz CT molecular complexity index is 604. The average Bonchev–Trinajstić information content (AvgIpc) is 2.74. The number of nitrogens with zero attached hydrogens (tertiary/aromatic N) is 2. The van der Waals surface area contributed by atoms with Gasteiger partial charge in [-0.1, -0.05) is 20.8 Å². The van der Waals surface area contributed by atoms with Gasteiger partial charge in [-0.3, -0.25) is 0 Å². The number of ether oxygens (including phenoxy) is 1. The Kier molecular flexibility index (Phi) is 3.45. The van der Waals surface area contributed by atoms with Gasteiger partial charge in [-0.2, -0.15) is 9.36 Å². The highest BCUT2D eigenvalue weighted by Crippen LogP contribution is 2.31. The van der Waals surface area contributed by atoms with Crippen LogP contribution >= 0.6 is 11.5 Å². The molecule has 0 amide bonds. The summed E-state index contributed by atoms with van der Waals surface area (Å²) in [6.45, 7) is 7.81. The minimum Gasteiger partial charge on any atom is -0.427 e. The molecule has 6 heteroatoms. The van der Waals surface area contributed by atoms with E-state index in [1.165, 1.54) is 6.07 Å². The maximum absolute atomic E-state index is 13.7. The van der Waals surface area contributed by atoms with Crippen molar-refractivity contribution in [2.45, 2.75) is 33.1 Å². The van der Waals surface area contributed by atoms with Crippen molar-refractivity contribution in [2.24, 2.45) is 0 Å². The fourth-order valence-corrected chi connectivity index (χ4v) is 2.13. The number of anilines is 1. The first-order valence-electron chi connectivity index (χ1n) is 5.85. The van der Waals surface area contributed by atoms with Crippen LogP contribution < -0.4 is 10.5 Å². The molecule has 0 aliphatic carbocycles. The molecule has 0 bridgehead atoms. The topological polar surface area (TPSA) is 61.0 Å². The van der Waals surface area contributed by atoms with Crippen molar-refractivity contribution in [2.75, 3.05) is 5.73 Å². The van der Waals surface area contributed by atoms with Crippen molar-refractivity contribution in [1.82, 2.24) is 9.36 Å². The van der Waals surface area contributed by atoms with Crippen molar-refractivity contribution < 1.29 is 9.13 Å². The lowest BCUT2D eigenvalue weighted by atomic mass is 9.96. The van der Waals surface area contributed by atoms with E-state index in [0.29, 0.717) is 16.7 Å². The summed E-state index contributed by atoms with van der Waals surface area (Å²) < 4.78 is 23.4. The molecule has 0 radical (unpaired) electrons.